The standard InChI is InChI=1S/C11H9BrN2O3/c1-2-16-11(15)9-13-10(17-14-9)7-4-3-5-8(12)6-7/h3-6H,2H2,1H3. The highest BCUT2D eigenvalue weighted by Gasteiger charge is 2.16. The van der Waals surface area contributed by atoms with E-state index < -0.39 is 5.97 Å². The summed E-state index contributed by atoms with van der Waals surface area (Å²) in [6, 6.07) is 7.36. The Bertz CT molecular complexity index is 539. The second-order valence-corrected chi connectivity index (χ2v) is 4.07. The Labute approximate surface area is 106 Å². The Kier molecular flexibility index (Phi) is 3.53. The highest BCUT2D eigenvalue weighted by Crippen LogP contribution is 2.21. The maximum absolute atomic E-state index is 11.3. The van der Waals surface area contributed by atoms with E-state index >= 15 is 0 Å². The minimum atomic E-state index is -0.586. The summed E-state index contributed by atoms with van der Waals surface area (Å²) >= 11 is 3.34. The van der Waals surface area contributed by atoms with Crippen LogP contribution in [-0.4, -0.2) is 22.7 Å². The van der Waals surface area contributed by atoms with E-state index in [0.29, 0.717) is 0 Å². The highest BCUT2D eigenvalue weighted by molar-refractivity contribution is 9.10. The number of carbonyl (C=O) groups is 1. The molecule has 2 aromatic rings. The summed E-state index contributed by atoms with van der Waals surface area (Å²) in [5, 5.41) is 3.56. The van der Waals surface area contributed by atoms with Gasteiger partial charge in [-0.15, -0.1) is 0 Å². The van der Waals surface area contributed by atoms with Crippen LogP contribution in [0.1, 0.15) is 17.5 Å². The number of aromatic nitrogens is 2. The van der Waals surface area contributed by atoms with Crippen molar-refractivity contribution in [2.24, 2.45) is 0 Å². The summed E-state index contributed by atoms with van der Waals surface area (Å²) in [6.45, 7) is 1.99. The fourth-order valence-corrected chi connectivity index (χ4v) is 1.64. The van der Waals surface area contributed by atoms with Crippen LogP contribution in [0.2, 0.25) is 0 Å². The van der Waals surface area contributed by atoms with Crippen molar-refractivity contribution in [3.63, 3.8) is 0 Å². The lowest BCUT2D eigenvalue weighted by atomic mass is 10.2. The van der Waals surface area contributed by atoms with E-state index in [1.807, 2.05) is 24.3 Å². The van der Waals surface area contributed by atoms with Crippen molar-refractivity contribution in [2.75, 3.05) is 6.61 Å². The summed E-state index contributed by atoms with van der Waals surface area (Å²) < 4.78 is 10.7. The molecule has 88 valence electrons. The van der Waals surface area contributed by atoms with E-state index in [4.69, 9.17) is 9.26 Å². The maximum Gasteiger partial charge on any atom is 0.379 e. The minimum Gasteiger partial charge on any atom is -0.460 e. The number of carbonyl (C=O) groups excluding carboxylic acids is 1. The summed E-state index contributed by atoms with van der Waals surface area (Å²) in [5.41, 5.74) is 0.738. The normalized spacial score (nSPS) is 10.2. The fraction of sp³-hybridized carbons (Fsp3) is 0.182. The summed E-state index contributed by atoms with van der Waals surface area (Å²) in [7, 11) is 0. The van der Waals surface area contributed by atoms with Crippen LogP contribution >= 0.6 is 15.9 Å². The number of hydrogen-bond donors (Lipinski definition) is 0. The fourth-order valence-electron chi connectivity index (χ4n) is 1.24. The molecule has 0 N–H and O–H groups in total. The molecule has 0 aliphatic carbocycles. The number of halogens is 1. The molecule has 0 bridgehead atoms. The molecule has 0 atom stereocenters. The van der Waals surface area contributed by atoms with Gasteiger partial charge >= 0.3 is 5.97 Å². The second-order valence-electron chi connectivity index (χ2n) is 3.15. The second kappa shape index (κ2) is 5.09. The van der Waals surface area contributed by atoms with Crippen LogP contribution in [0.25, 0.3) is 11.5 Å². The summed E-state index contributed by atoms with van der Waals surface area (Å²) in [6.07, 6.45) is 0. The first kappa shape index (κ1) is 11.8. The first-order valence-corrected chi connectivity index (χ1v) is 5.76. The number of esters is 1. The Balaban J connectivity index is 2.27. The Morgan fingerprint density at radius 1 is 1.53 bits per heavy atom. The Hall–Kier alpha value is -1.69. The van der Waals surface area contributed by atoms with Crippen molar-refractivity contribution in [3.8, 4) is 11.5 Å². The molecule has 1 aromatic heterocycles. The Morgan fingerprint density at radius 3 is 3.06 bits per heavy atom. The molecular weight excluding hydrogens is 288 g/mol. The first-order chi connectivity index (χ1) is 8.20. The van der Waals surface area contributed by atoms with Crippen molar-refractivity contribution < 1.29 is 14.1 Å². The molecule has 2 rings (SSSR count). The monoisotopic (exact) mass is 296 g/mol. The van der Waals surface area contributed by atoms with Gasteiger partial charge in [0.2, 0.25) is 0 Å². The smallest absolute Gasteiger partial charge is 0.379 e. The molecule has 1 aromatic carbocycles. The van der Waals surface area contributed by atoms with Gasteiger partial charge in [0.15, 0.2) is 0 Å². The molecule has 0 amide bonds. The summed E-state index contributed by atoms with van der Waals surface area (Å²) in [4.78, 5) is 15.3. The number of ether oxygens (including phenoxy) is 1. The molecular formula is C11H9BrN2O3. The third-order valence-electron chi connectivity index (χ3n) is 1.96. The van der Waals surface area contributed by atoms with Crippen LogP contribution < -0.4 is 0 Å². The van der Waals surface area contributed by atoms with Crippen molar-refractivity contribution in [2.45, 2.75) is 6.92 Å². The van der Waals surface area contributed by atoms with Crippen LogP contribution in [0.3, 0.4) is 0 Å². The molecule has 0 radical (unpaired) electrons. The lowest BCUT2D eigenvalue weighted by Gasteiger charge is -1.94. The van der Waals surface area contributed by atoms with Gasteiger partial charge in [-0.1, -0.05) is 22.0 Å². The minimum absolute atomic E-state index is 0.0678. The lowest BCUT2D eigenvalue weighted by molar-refractivity contribution is 0.0508. The third kappa shape index (κ3) is 2.71. The van der Waals surface area contributed by atoms with Crippen LogP contribution in [-0.2, 0) is 4.74 Å². The molecule has 6 heteroatoms. The molecule has 0 spiro atoms. The molecule has 0 aliphatic rings. The quantitative estimate of drug-likeness (QED) is 0.815. The van der Waals surface area contributed by atoms with E-state index in [2.05, 4.69) is 26.1 Å². The molecule has 1 heterocycles. The maximum atomic E-state index is 11.3. The zero-order chi connectivity index (χ0) is 12.3. The van der Waals surface area contributed by atoms with E-state index in [-0.39, 0.29) is 18.3 Å². The van der Waals surface area contributed by atoms with Gasteiger partial charge in [-0.05, 0) is 30.3 Å². The van der Waals surface area contributed by atoms with Gasteiger partial charge in [0, 0.05) is 10.0 Å². The summed E-state index contributed by atoms with van der Waals surface area (Å²) in [5.74, 6) is -0.367. The van der Waals surface area contributed by atoms with E-state index in [9.17, 15) is 4.79 Å². The van der Waals surface area contributed by atoms with Gasteiger partial charge < -0.3 is 9.26 Å². The van der Waals surface area contributed by atoms with Gasteiger partial charge in [-0.3, -0.25) is 0 Å². The van der Waals surface area contributed by atoms with E-state index in [1.165, 1.54) is 0 Å². The van der Waals surface area contributed by atoms with E-state index in [1.54, 1.807) is 6.92 Å². The Morgan fingerprint density at radius 2 is 2.35 bits per heavy atom. The van der Waals surface area contributed by atoms with Crippen molar-refractivity contribution in [1.29, 1.82) is 0 Å². The average Bonchev–Trinajstić information content (AvgIpc) is 2.78. The van der Waals surface area contributed by atoms with Crippen molar-refractivity contribution in [1.82, 2.24) is 10.1 Å². The van der Waals surface area contributed by atoms with Crippen LogP contribution in [0.15, 0.2) is 33.3 Å². The molecule has 5 nitrogen and oxygen atoms in total. The molecule has 0 saturated carbocycles. The molecule has 17 heavy (non-hydrogen) atoms. The number of benzene rings is 1. The lowest BCUT2D eigenvalue weighted by Crippen LogP contribution is -2.06. The van der Waals surface area contributed by atoms with E-state index in [0.717, 1.165) is 10.0 Å². The predicted octanol–water partition coefficient (Wildman–Crippen LogP) is 2.68. The van der Waals surface area contributed by atoms with Crippen LogP contribution in [0.5, 0.6) is 0 Å². The molecule has 0 aliphatic heterocycles. The van der Waals surface area contributed by atoms with Gasteiger partial charge in [0.1, 0.15) is 0 Å². The SMILES string of the molecule is CCOC(=O)c1noc(-c2cccc(Br)c2)n1. The zero-order valence-electron chi connectivity index (χ0n) is 9.01. The largest absolute Gasteiger partial charge is 0.460 e. The van der Waals surface area contributed by atoms with Crippen LogP contribution in [0, 0.1) is 0 Å². The van der Waals surface area contributed by atoms with Gasteiger partial charge in [-0.25, -0.2) is 4.79 Å². The molecule has 0 unspecified atom stereocenters. The average molecular weight is 297 g/mol. The zero-order valence-corrected chi connectivity index (χ0v) is 10.6. The number of hydrogen-bond acceptors (Lipinski definition) is 5. The number of rotatable bonds is 3. The van der Waals surface area contributed by atoms with Gasteiger partial charge in [0.05, 0.1) is 6.61 Å². The van der Waals surface area contributed by atoms with Gasteiger partial charge in [-0.2, -0.15) is 4.98 Å². The van der Waals surface area contributed by atoms with Crippen LogP contribution in [0.4, 0.5) is 0 Å². The molecule has 0 fully saturated rings. The molecule has 0 saturated heterocycles. The highest BCUT2D eigenvalue weighted by atomic mass is 79.9. The third-order valence-corrected chi connectivity index (χ3v) is 2.45. The first-order valence-electron chi connectivity index (χ1n) is 4.97. The number of nitrogens with zero attached hydrogens (tertiary/aromatic N) is 2. The van der Waals surface area contributed by atoms with Gasteiger partial charge in [0.25, 0.3) is 11.7 Å². The topological polar surface area (TPSA) is 65.2 Å². The predicted molar refractivity (Wildman–Crippen MR) is 63.4 cm³/mol. The van der Waals surface area contributed by atoms with Crippen molar-refractivity contribution >= 4 is 21.9 Å². The van der Waals surface area contributed by atoms with Crippen molar-refractivity contribution in [3.05, 3.63) is 34.6 Å².